The number of ether oxygens (including phenoxy) is 2. The fraction of sp³-hybridized carbons (Fsp3) is 0.593. The van der Waals surface area contributed by atoms with Gasteiger partial charge in [-0.25, -0.2) is 0 Å². The second-order valence-corrected chi connectivity index (χ2v) is 16.2. The average Bonchev–Trinajstić information content (AvgIpc) is 3.29. The monoisotopic (exact) mass is 467 g/mol. The van der Waals surface area contributed by atoms with Crippen LogP contribution in [0, 0.1) is 16.7 Å². The molecule has 0 aliphatic carbocycles. The fourth-order valence-electron chi connectivity index (χ4n) is 4.54. The number of nitriles is 1. The van der Waals surface area contributed by atoms with E-state index < -0.39 is 8.07 Å². The number of aromatic nitrogens is 1. The van der Waals surface area contributed by atoms with Crippen molar-refractivity contribution < 1.29 is 9.47 Å². The summed E-state index contributed by atoms with van der Waals surface area (Å²) < 4.78 is 14.4. The number of likely N-dealkylation sites (tertiary alicyclic amines) is 1. The van der Waals surface area contributed by atoms with Gasteiger partial charge in [-0.2, -0.15) is 5.26 Å². The molecule has 0 spiro atoms. The molecule has 1 saturated heterocycles. The summed E-state index contributed by atoms with van der Waals surface area (Å²) in [5, 5.41) is 9.93. The maximum atomic E-state index is 9.93. The van der Waals surface area contributed by atoms with Gasteiger partial charge in [-0.05, 0) is 57.1 Å². The molecule has 0 amide bonds. The summed E-state index contributed by atoms with van der Waals surface area (Å²) in [6.45, 7) is 14.1. The minimum atomic E-state index is -1.19. The Balaban J connectivity index is 1.73. The Morgan fingerprint density at radius 2 is 1.88 bits per heavy atom. The number of hydrogen-bond donors (Lipinski definition) is 0. The van der Waals surface area contributed by atoms with Crippen molar-refractivity contribution in [3.05, 3.63) is 53.9 Å². The minimum absolute atomic E-state index is 0.156. The summed E-state index contributed by atoms with van der Waals surface area (Å²) in [7, 11) is 0.526. The number of methoxy groups -OCH3 is 1. The molecule has 0 radical (unpaired) electrons. The smallest absolute Gasteiger partial charge is 0.125 e. The molecule has 1 aromatic heterocycles. The quantitative estimate of drug-likeness (QED) is 0.383. The Morgan fingerprint density at radius 1 is 1.15 bits per heavy atom. The van der Waals surface area contributed by atoms with E-state index in [-0.39, 0.29) is 11.5 Å². The summed E-state index contributed by atoms with van der Waals surface area (Å²) in [6.07, 6.45) is 7.00. The van der Waals surface area contributed by atoms with Gasteiger partial charge < -0.3 is 18.9 Å². The molecule has 180 valence electrons. The molecular weight excluding hydrogens is 426 g/mol. The first-order valence-corrected chi connectivity index (χ1v) is 16.0. The zero-order chi connectivity index (χ0) is 23.9. The van der Waals surface area contributed by atoms with E-state index in [0.29, 0.717) is 0 Å². The van der Waals surface area contributed by atoms with Gasteiger partial charge in [0.2, 0.25) is 0 Å². The molecule has 1 fully saturated rings. The highest BCUT2D eigenvalue weighted by Crippen LogP contribution is 2.36. The van der Waals surface area contributed by atoms with Gasteiger partial charge in [-0.3, -0.25) is 0 Å². The molecule has 1 aliphatic rings. The van der Waals surface area contributed by atoms with E-state index in [9.17, 15) is 5.26 Å². The van der Waals surface area contributed by atoms with Crippen LogP contribution >= 0.6 is 0 Å². The van der Waals surface area contributed by atoms with Crippen molar-refractivity contribution in [3.63, 3.8) is 0 Å². The molecule has 6 heteroatoms. The number of hydrogen-bond acceptors (Lipinski definition) is 4. The van der Waals surface area contributed by atoms with Gasteiger partial charge in [-0.1, -0.05) is 44.8 Å². The standard InChI is InChI=1S/C27H41N3O2Si/c1-6-29-16-12-27(22-28,13-17-29)14-18-30-15-11-23(21-30)26(32-19-20-33(3,4)5)24-9-7-8-10-25(24)31-2/h7-11,15,21,26H,6,12-14,16-20H2,1-5H3. The Labute approximate surface area is 201 Å². The average molecular weight is 468 g/mol. The lowest BCUT2D eigenvalue weighted by Crippen LogP contribution is -2.39. The molecule has 2 aromatic rings. The highest BCUT2D eigenvalue weighted by molar-refractivity contribution is 6.76. The summed E-state index contributed by atoms with van der Waals surface area (Å²) in [5.74, 6) is 0.856. The summed E-state index contributed by atoms with van der Waals surface area (Å²) in [5.41, 5.74) is 2.00. The molecule has 3 rings (SSSR count). The van der Waals surface area contributed by atoms with Gasteiger partial charge >= 0.3 is 0 Å². The van der Waals surface area contributed by atoms with Crippen LogP contribution in [0.25, 0.3) is 0 Å². The van der Waals surface area contributed by atoms with E-state index in [1.54, 1.807) is 7.11 Å². The number of rotatable bonds is 11. The predicted molar refractivity (Wildman–Crippen MR) is 137 cm³/mol. The lowest BCUT2D eigenvalue weighted by molar-refractivity contribution is 0.0886. The van der Waals surface area contributed by atoms with Crippen LogP contribution in [0.5, 0.6) is 5.75 Å². The maximum Gasteiger partial charge on any atom is 0.125 e. The van der Waals surface area contributed by atoms with Crippen molar-refractivity contribution >= 4 is 8.07 Å². The molecule has 5 nitrogen and oxygen atoms in total. The largest absolute Gasteiger partial charge is 0.496 e. The van der Waals surface area contributed by atoms with E-state index in [1.807, 2.05) is 18.2 Å². The second-order valence-electron chi connectivity index (χ2n) is 10.6. The molecule has 0 bridgehead atoms. The third-order valence-electron chi connectivity index (χ3n) is 6.98. The number of nitrogens with zero attached hydrogens (tertiary/aromatic N) is 3. The summed E-state index contributed by atoms with van der Waals surface area (Å²) in [4.78, 5) is 2.44. The zero-order valence-electron chi connectivity index (χ0n) is 21.1. The van der Waals surface area contributed by atoms with Crippen LogP contribution in [-0.4, -0.2) is 50.9 Å². The molecule has 0 saturated carbocycles. The van der Waals surface area contributed by atoms with E-state index in [2.05, 4.69) is 66.6 Å². The predicted octanol–water partition coefficient (Wildman–Crippen LogP) is 5.96. The van der Waals surface area contributed by atoms with Crippen LogP contribution in [0.15, 0.2) is 42.7 Å². The van der Waals surface area contributed by atoms with E-state index in [0.717, 1.165) is 75.0 Å². The van der Waals surface area contributed by atoms with Crippen LogP contribution in [0.3, 0.4) is 0 Å². The SMILES string of the molecule is CCN1CCC(C#N)(CCn2ccc(C(OCC[Si](C)(C)C)c3ccccc3OC)c2)CC1. The molecule has 1 aliphatic heterocycles. The van der Waals surface area contributed by atoms with E-state index in [1.165, 1.54) is 0 Å². The van der Waals surface area contributed by atoms with Crippen molar-refractivity contribution in [1.29, 1.82) is 5.26 Å². The van der Waals surface area contributed by atoms with Crippen LogP contribution in [-0.2, 0) is 11.3 Å². The first-order valence-electron chi connectivity index (χ1n) is 12.3. The molecule has 0 N–H and O–H groups in total. The van der Waals surface area contributed by atoms with Crippen LogP contribution in [0.2, 0.25) is 25.7 Å². The van der Waals surface area contributed by atoms with Crippen molar-refractivity contribution in [2.45, 2.75) is 64.5 Å². The molecule has 33 heavy (non-hydrogen) atoms. The van der Waals surface area contributed by atoms with Crippen molar-refractivity contribution in [2.24, 2.45) is 5.41 Å². The van der Waals surface area contributed by atoms with Gasteiger partial charge in [-0.15, -0.1) is 0 Å². The summed E-state index contributed by atoms with van der Waals surface area (Å²) in [6, 6.07) is 14.1. The van der Waals surface area contributed by atoms with Crippen LogP contribution < -0.4 is 4.74 Å². The maximum absolute atomic E-state index is 9.93. The van der Waals surface area contributed by atoms with Crippen LogP contribution in [0.1, 0.15) is 43.4 Å². The molecule has 1 atom stereocenters. The topological polar surface area (TPSA) is 50.4 Å². The van der Waals surface area contributed by atoms with E-state index >= 15 is 0 Å². The third-order valence-corrected chi connectivity index (χ3v) is 8.68. The van der Waals surface area contributed by atoms with Crippen molar-refractivity contribution in [2.75, 3.05) is 33.4 Å². The Kier molecular flexibility index (Phi) is 8.80. The number of aryl methyl sites for hydroxylation is 1. The minimum Gasteiger partial charge on any atom is -0.496 e. The highest BCUT2D eigenvalue weighted by atomic mass is 28.3. The first kappa shape index (κ1) is 25.5. The van der Waals surface area contributed by atoms with Crippen molar-refractivity contribution in [1.82, 2.24) is 9.47 Å². The lowest BCUT2D eigenvalue weighted by Gasteiger charge is -2.36. The van der Waals surface area contributed by atoms with Gasteiger partial charge in [0.1, 0.15) is 11.9 Å². The Bertz CT molecular complexity index is 920. The first-order chi connectivity index (χ1) is 15.8. The van der Waals surface area contributed by atoms with Gasteiger partial charge in [0.05, 0.1) is 18.6 Å². The fourth-order valence-corrected chi connectivity index (χ4v) is 5.27. The summed E-state index contributed by atoms with van der Waals surface area (Å²) >= 11 is 0. The molecular formula is C27H41N3O2Si. The highest BCUT2D eigenvalue weighted by Gasteiger charge is 2.34. The zero-order valence-corrected chi connectivity index (χ0v) is 22.1. The number of para-hydroxylation sites is 1. The Hall–Kier alpha value is -2.07. The Morgan fingerprint density at radius 3 is 2.52 bits per heavy atom. The second kappa shape index (κ2) is 11.4. The third kappa shape index (κ3) is 6.96. The molecule has 2 heterocycles. The van der Waals surface area contributed by atoms with Crippen LogP contribution in [0.4, 0.5) is 0 Å². The number of piperidine rings is 1. The molecule has 1 unspecified atom stereocenters. The molecule has 1 aromatic carbocycles. The number of benzene rings is 1. The lowest BCUT2D eigenvalue weighted by atomic mass is 9.77. The van der Waals surface area contributed by atoms with Crippen molar-refractivity contribution in [3.8, 4) is 11.8 Å². The van der Waals surface area contributed by atoms with E-state index in [4.69, 9.17) is 9.47 Å². The van der Waals surface area contributed by atoms with Gasteiger partial charge in [0.25, 0.3) is 0 Å². The normalized spacial score (nSPS) is 17.5. The van der Waals surface area contributed by atoms with Gasteiger partial charge in [0.15, 0.2) is 0 Å². The van der Waals surface area contributed by atoms with Gasteiger partial charge in [0, 0.05) is 44.7 Å².